The molecule has 3 aromatic rings. The number of benzene rings is 3. The summed E-state index contributed by atoms with van der Waals surface area (Å²) in [4.78, 5) is 0. The lowest BCUT2D eigenvalue weighted by Crippen LogP contribution is -2.21. The van der Waals surface area contributed by atoms with Gasteiger partial charge in [0.05, 0.1) is 6.10 Å². The fraction of sp³-hybridized carbons (Fsp3) is 0.182. The van der Waals surface area contributed by atoms with Gasteiger partial charge in [0.2, 0.25) is 0 Å². The highest BCUT2D eigenvalue weighted by Crippen LogP contribution is 2.23. The zero-order chi connectivity index (χ0) is 19.9. The number of halogens is 2. The van der Waals surface area contributed by atoms with Crippen LogP contribution in [0.25, 0.3) is 0 Å². The number of aliphatic hydroxyl groups is 1. The quantitative estimate of drug-likeness (QED) is 0.476. The summed E-state index contributed by atoms with van der Waals surface area (Å²) >= 11 is 12.0. The summed E-state index contributed by atoms with van der Waals surface area (Å²) in [5, 5.41) is 24.0. The minimum Gasteiger partial charge on any atom is -0.508 e. The Morgan fingerprint density at radius 3 is 2.46 bits per heavy atom. The van der Waals surface area contributed by atoms with Crippen LogP contribution in [0.5, 0.6) is 11.5 Å². The van der Waals surface area contributed by atoms with E-state index in [1.54, 1.807) is 36.4 Å². The fourth-order valence-electron chi connectivity index (χ4n) is 2.71. The van der Waals surface area contributed by atoms with E-state index in [2.05, 4.69) is 5.32 Å². The monoisotopic (exact) mass is 417 g/mol. The number of aromatic hydroxyl groups is 1. The molecule has 1 atom stereocenters. The summed E-state index contributed by atoms with van der Waals surface area (Å²) in [6.07, 6.45) is -0.682. The van der Waals surface area contributed by atoms with Crippen LogP contribution >= 0.6 is 23.2 Å². The predicted octanol–water partition coefficient (Wildman–Crippen LogP) is 5.10. The Balaban J connectivity index is 1.46. The van der Waals surface area contributed by atoms with Crippen molar-refractivity contribution in [2.75, 3.05) is 6.54 Å². The molecule has 0 amide bonds. The van der Waals surface area contributed by atoms with Gasteiger partial charge in [0, 0.05) is 28.7 Å². The highest BCUT2D eigenvalue weighted by atomic mass is 35.5. The van der Waals surface area contributed by atoms with Gasteiger partial charge in [-0.15, -0.1) is 0 Å². The van der Waals surface area contributed by atoms with Crippen LogP contribution in [0.1, 0.15) is 22.8 Å². The molecule has 0 aromatic heterocycles. The predicted molar refractivity (Wildman–Crippen MR) is 112 cm³/mol. The van der Waals surface area contributed by atoms with Gasteiger partial charge in [0.25, 0.3) is 0 Å². The third-order valence-corrected chi connectivity index (χ3v) is 4.84. The largest absolute Gasteiger partial charge is 0.508 e. The molecule has 0 saturated carbocycles. The van der Waals surface area contributed by atoms with Gasteiger partial charge in [-0.1, -0.05) is 53.5 Å². The fourth-order valence-corrected chi connectivity index (χ4v) is 3.17. The molecule has 0 aliphatic heterocycles. The van der Waals surface area contributed by atoms with Crippen molar-refractivity contribution in [1.29, 1.82) is 0 Å². The Morgan fingerprint density at radius 1 is 0.964 bits per heavy atom. The van der Waals surface area contributed by atoms with Gasteiger partial charge < -0.3 is 20.3 Å². The lowest BCUT2D eigenvalue weighted by molar-refractivity contribution is 0.174. The van der Waals surface area contributed by atoms with Crippen LogP contribution in [0.2, 0.25) is 10.0 Å². The summed E-state index contributed by atoms with van der Waals surface area (Å²) < 4.78 is 5.77. The van der Waals surface area contributed by atoms with E-state index in [9.17, 15) is 10.2 Å². The van der Waals surface area contributed by atoms with Crippen LogP contribution in [0, 0.1) is 0 Å². The third-order valence-electron chi connectivity index (χ3n) is 4.25. The topological polar surface area (TPSA) is 61.7 Å². The van der Waals surface area contributed by atoms with Crippen LogP contribution in [-0.2, 0) is 13.2 Å². The Labute approximate surface area is 174 Å². The smallest absolute Gasteiger partial charge is 0.119 e. The molecule has 3 N–H and O–H groups in total. The van der Waals surface area contributed by atoms with Crippen LogP contribution < -0.4 is 10.1 Å². The number of nitrogens with one attached hydrogen (secondary N) is 1. The highest BCUT2D eigenvalue weighted by molar-refractivity contribution is 6.35. The average molecular weight is 418 g/mol. The molecule has 0 heterocycles. The first-order valence-corrected chi connectivity index (χ1v) is 9.60. The maximum absolute atomic E-state index is 10.2. The minimum atomic E-state index is -0.682. The summed E-state index contributed by atoms with van der Waals surface area (Å²) in [6, 6.07) is 19.7. The molecular weight excluding hydrogens is 397 g/mol. The summed E-state index contributed by atoms with van der Waals surface area (Å²) in [5.74, 6) is 0.890. The third kappa shape index (κ3) is 5.88. The van der Waals surface area contributed by atoms with Gasteiger partial charge in [-0.05, 0) is 47.5 Å². The van der Waals surface area contributed by atoms with Gasteiger partial charge in [-0.25, -0.2) is 0 Å². The van der Waals surface area contributed by atoms with Gasteiger partial charge in [0.15, 0.2) is 0 Å². The summed E-state index contributed by atoms with van der Waals surface area (Å²) in [6.45, 7) is 1.36. The molecule has 28 heavy (non-hydrogen) atoms. The molecule has 3 aromatic carbocycles. The first-order valence-electron chi connectivity index (χ1n) is 8.84. The second-order valence-electron chi connectivity index (χ2n) is 6.41. The molecule has 3 rings (SSSR count). The van der Waals surface area contributed by atoms with Crippen LogP contribution in [-0.4, -0.2) is 16.8 Å². The van der Waals surface area contributed by atoms with Gasteiger partial charge in [-0.2, -0.15) is 0 Å². The van der Waals surface area contributed by atoms with E-state index in [0.29, 0.717) is 35.3 Å². The molecule has 0 aliphatic rings. The lowest BCUT2D eigenvalue weighted by atomic mass is 10.1. The second kappa shape index (κ2) is 9.80. The van der Waals surface area contributed by atoms with E-state index in [-0.39, 0.29) is 5.75 Å². The maximum Gasteiger partial charge on any atom is 0.119 e. The zero-order valence-corrected chi connectivity index (χ0v) is 16.6. The number of hydrogen-bond acceptors (Lipinski definition) is 4. The van der Waals surface area contributed by atoms with E-state index < -0.39 is 6.10 Å². The average Bonchev–Trinajstić information content (AvgIpc) is 2.68. The Morgan fingerprint density at radius 2 is 1.75 bits per heavy atom. The van der Waals surface area contributed by atoms with Crippen molar-refractivity contribution < 1.29 is 14.9 Å². The van der Waals surface area contributed by atoms with Crippen LogP contribution in [0.15, 0.2) is 66.7 Å². The summed E-state index contributed by atoms with van der Waals surface area (Å²) in [5.41, 5.74) is 2.62. The Hall–Kier alpha value is -2.24. The van der Waals surface area contributed by atoms with E-state index in [1.165, 1.54) is 0 Å². The lowest BCUT2D eigenvalue weighted by Gasteiger charge is -2.13. The maximum atomic E-state index is 10.2. The molecule has 0 radical (unpaired) electrons. The summed E-state index contributed by atoms with van der Waals surface area (Å²) in [7, 11) is 0. The molecule has 0 bridgehead atoms. The van der Waals surface area contributed by atoms with E-state index in [1.807, 2.05) is 30.3 Å². The number of phenols is 1. The standard InChI is InChI=1S/C22H21Cl2NO3/c23-18-7-6-17(21(24)11-18)14-28-20-8-4-15(5-9-20)12-25-13-22(27)16-2-1-3-19(26)10-16/h1-11,22,25-27H,12-14H2/t22-/m1/s1. The molecule has 0 unspecified atom stereocenters. The van der Waals surface area contributed by atoms with Crippen molar-refractivity contribution >= 4 is 23.2 Å². The first kappa shape index (κ1) is 20.5. The van der Waals surface area contributed by atoms with Crippen molar-refractivity contribution in [3.05, 3.63) is 93.5 Å². The number of aliphatic hydroxyl groups excluding tert-OH is 1. The molecule has 0 saturated heterocycles. The van der Waals surface area contributed by atoms with Crippen molar-refractivity contribution in [2.24, 2.45) is 0 Å². The van der Waals surface area contributed by atoms with E-state index >= 15 is 0 Å². The van der Waals surface area contributed by atoms with Gasteiger partial charge >= 0.3 is 0 Å². The van der Waals surface area contributed by atoms with Gasteiger partial charge in [-0.3, -0.25) is 0 Å². The normalized spacial score (nSPS) is 12.0. The molecule has 0 fully saturated rings. The Bertz CT molecular complexity index is 916. The molecule has 146 valence electrons. The first-order chi connectivity index (χ1) is 13.5. The second-order valence-corrected chi connectivity index (χ2v) is 7.25. The number of rotatable bonds is 8. The van der Waals surface area contributed by atoms with E-state index in [0.717, 1.165) is 16.9 Å². The van der Waals surface area contributed by atoms with Crippen molar-refractivity contribution in [1.82, 2.24) is 5.32 Å². The van der Waals surface area contributed by atoms with Gasteiger partial charge in [0.1, 0.15) is 18.1 Å². The number of phenolic OH excluding ortho intramolecular Hbond substituents is 1. The Kier molecular flexibility index (Phi) is 7.18. The van der Waals surface area contributed by atoms with Crippen LogP contribution in [0.3, 0.4) is 0 Å². The van der Waals surface area contributed by atoms with Crippen molar-refractivity contribution in [2.45, 2.75) is 19.3 Å². The van der Waals surface area contributed by atoms with Crippen LogP contribution in [0.4, 0.5) is 0 Å². The highest BCUT2D eigenvalue weighted by Gasteiger charge is 2.08. The van der Waals surface area contributed by atoms with Crippen molar-refractivity contribution in [3.63, 3.8) is 0 Å². The minimum absolute atomic E-state index is 0.145. The molecule has 0 aliphatic carbocycles. The number of ether oxygens (including phenoxy) is 1. The van der Waals surface area contributed by atoms with E-state index in [4.69, 9.17) is 27.9 Å². The van der Waals surface area contributed by atoms with Crippen molar-refractivity contribution in [3.8, 4) is 11.5 Å². The zero-order valence-electron chi connectivity index (χ0n) is 15.1. The molecular formula is C22H21Cl2NO3. The molecule has 6 heteroatoms. The molecule has 4 nitrogen and oxygen atoms in total. The SMILES string of the molecule is Oc1cccc([C@H](O)CNCc2ccc(OCc3ccc(Cl)cc3Cl)cc2)c1. The number of hydrogen-bond donors (Lipinski definition) is 3. The molecule has 0 spiro atoms.